The second-order valence-electron chi connectivity index (χ2n) is 4.71. The fraction of sp³-hybridized carbons (Fsp3) is 0.308. The van der Waals surface area contributed by atoms with Crippen molar-refractivity contribution in [2.75, 3.05) is 0 Å². The smallest absolute Gasteiger partial charge is 0.278 e. The molecule has 3 rings (SSSR count). The highest BCUT2D eigenvalue weighted by Gasteiger charge is 2.31. The minimum Gasteiger partial charge on any atom is -0.322 e. The van der Waals surface area contributed by atoms with Crippen LogP contribution in [0.2, 0.25) is 0 Å². The standard InChI is InChI=1S/C13H13N3O2S/c14-12(8-5-6-8)13-15-10(7-19-13)9-3-1-2-4-11(9)16(17)18/h1-4,7-8,12H,5-6,14H2. The van der Waals surface area contributed by atoms with E-state index < -0.39 is 0 Å². The van der Waals surface area contributed by atoms with Crippen molar-refractivity contribution in [3.8, 4) is 11.3 Å². The van der Waals surface area contributed by atoms with Crippen LogP contribution in [0.15, 0.2) is 29.6 Å². The quantitative estimate of drug-likeness (QED) is 0.686. The number of thiazole rings is 1. The molecule has 2 N–H and O–H groups in total. The van der Waals surface area contributed by atoms with Crippen molar-refractivity contribution in [2.45, 2.75) is 18.9 Å². The minimum atomic E-state index is -0.380. The maximum atomic E-state index is 11.0. The Labute approximate surface area is 114 Å². The van der Waals surface area contributed by atoms with Crippen LogP contribution in [-0.2, 0) is 0 Å². The van der Waals surface area contributed by atoms with E-state index in [2.05, 4.69) is 4.98 Å². The molecule has 0 spiro atoms. The predicted octanol–water partition coefficient (Wildman–Crippen LogP) is 3.13. The SMILES string of the molecule is NC(c1nc(-c2ccccc2[N+](=O)[O-])cs1)C1CC1. The highest BCUT2D eigenvalue weighted by Crippen LogP contribution is 2.41. The van der Waals surface area contributed by atoms with E-state index in [4.69, 9.17) is 5.73 Å². The Morgan fingerprint density at radius 3 is 2.84 bits per heavy atom. The predicted molar refractivity (Wildman–Crippen MR) is 73.9 cm³/mol. The summed E-state index contributed by atoms with van der Waals surface area (Å²) in [6, 6.07) is 6.63. The zero-order valence-corrected chi connectivity index (χ0v) is 11.0. The molecule has 2 aromatic rings. The number of hydrogen-bond acceptors (Lipinski definition) is 5. The second-order valence-corrected chi connectivity index (χ2v) is 5.60. The number of benzene rings is 1. The fourth-order valence-corrected chi connectivity index (χ4v) is 2.98. The monoisotopic (exact) mass is 275 g/mol. The van der Waals surface area contributed by atoms with Gasteiger partial charge >= 0.3 is 0 Å². The lowest BCUT2D eigenvalue weighted by molar-refractivity contribution is -0.384. The van der Waals surface area contributed by atoms with Crippen molar-refractivity contribution in [3.63, 3.8) is 0 Å². The largest absolute Gasteiger partial charge is 0.322 e. The van der Waals surface area contributed by atoms with Gasteiger partial charge in [0.15, 0.2) is 0 Å². The second kappa shape index (κ2) is 4.71. The van der Waals surface area contributed by atoms with E-state index >= 15 is 0 Å². The van der Waals surface area contributed by atoms with Gasteiger partial charge in [-0.3, -0.25) is 10.1 Å². The molecule has 1 unspecified atom stereocenters. The van der Waals surface area contributed by atoms with Crippen molar-refractivity contribution < 1.29 is 4.92 Å². The molecule has 19 heavy (non-hydrogen) atoms. The van der Waals surface area contributed by atoms with Crippen molar-refractivity contribution in [1.29, 1.82) is 0 Å². The minimum absolute atomic E-state index is 0.0264. The van der Waals surface area contributed by atoms with Crippen molar-refractivity contribution in [3.05, 3.63) is 44.8 Å². The van der Waals surface area contributed by atoms with E-state index in [1.54, 1.807) is 18.2 Å². The summed E-state index contributed by atoms with van der Waals surface area (Å²) in [5.74, 6) is 0.532. The number of para-hydroxylation sites is 1. The van der Waals surface area contributed by atoms with Crippen LogP contribution in [0, 0.1) is 16.0 Å². The molecule has 1 aromatic heterocycles. The molecular weight excluding hydrogens is 262 g/mol. The maximum Gasteiger partial charge on any atom is 0.278 e. The zero-order valence-electron chi connectivity index (χ0n) is 10.2. The molecule has 0 radical (unpaired) electrons. The molecule has 0 amide bonds. The van der Waals surface area contributed by atoms with Gasteiger partial charge in [0.05, 0.1) is 22.2 Å². The molecule has 1 atom stereocenters. The lowest BCUT2D eigenvalue weighted by Gasteiger charge is -2.04. The molecule has 1 saturated carbocycles. The Morgan fingerprint density at radius 2 is 2.16 bits per heavy atom. The lowest BCUT2D eigenvalue weighted by Crippen LogP contribution is -2.11. The van der Waals surface area contributed by atoms with Gasteiger partial charge in [0.25, 0.3) is 5.69 Å². The number of hydrogen-bond donors (Lipinski definition) is 1. The molecule has 1 aromatic carbocycles. The highest BCUT2D eigenvalue weighted by molar-refractivity contribution is 7.10. The van der Waals surface area contributed by atoms with Crippen LogP contribution < -0.4 is 5.73 Å². The molecule has 1 aliphatic rings. The summed E-state index contributed by atoms with van der Waals surface area (Å²) < 4.78 is 0. The van der Waals surface area contributed by atoms with Gasteiger partial charge in [-0.1, -0.05) is 12.1 Å². The molecule has 1 fully saturated rings. The van der Waals surface area contributed by atoms with Gasteiger partial charge in [-0.2, -0.15) is 0 Å². The summed E-state index contributed by atoms with van der Waals surface area (Å²) in [6.45, 7) is 0. The Kier molecular flexibility index (Phi) is 3.04. The Bertz CT molecular complexity index is 622. The van der Waals surface area contributed by atoms with Crippen molar-refractivity contribution in [1.82, 2.24) is 4.98 Å². The average molecular weight is 275 g/mol. The number of nitrogens with zero attached hydrogens (tertiary/aromatic N) is 2. The third kappa shape index (κ3) is 2.36. The topological polar surface area (TPSA) is 82.0 Å². The summed E-state index contributed by atoms with van der Waals surface area (Å²) in [6.07, 6.45) is 2.31. The van der Waals surface area contributed by atoms with Gasteiger partial charge in [-0.25, -0.2) is 4.98 Å². The first kappa shape index (κ1) is 12.3. The van der Waals surface area contributed by atoms with E-state index in [0.29, 0.717) is 17.2 Å². The van der Waals surface area contributed by atoms with E-state index in [9.17, 15) is 10.1 Å². The van der Waals surface area contributed by atoms with E-state index in [0.717, 1.165) is 17.8 Å². The van der Waals surface area contributed by atoms with Crippen molar-refractivity contribution in [2.24, 2.45) is 11.7 Å². The van der Waals surface area contributed by atoms with Crippen LogP contribution in [0.25, 0.3) is 11.3 Å². The van der Waals surface area contributed by atoms with Crippen LogP contribution >= 0.6 is 11.3 Å². The van der Waals surface area contributed by atoms with Gasteiger partial charge in [0, 0.05) is 11.4 Å². The van der Waals surface area contributed by atoms with E-state index in [1.165, 1.54) is 17.4 Å². The van der Waals surface area contributed by atoms with Gasteiger partial charge in [-0.15, -0.1) is 11.3 Å². The van der Waals surface area contributed by atoms with Crippen LogP contribution in [0.5, 0.6) is 0 Å². The van der Waals surface area contributed by atoms with Gasteiger partial charge < -0.3 is 5.73 Å². The van der Waals surface area contributed by atoms with E-state index in [-0.39, 0.29) is 16.7 Å². The first-order valence-corrected chi connectivity index (χ1v) is 6.99. The fourth-order valence-electron chi connectivity index (χ4n) is 2.07. The normalized spacial score (nSPS) is 16.3. The molecule has 0 bridgehead atoms. The van der Waals surface area contributed by atoms with Gasteiger partial charge in [0.2, 0.25) is 0 Å². The number of nitro benzene ring substituents is 1. The first-order chi connectivity index (χ1) is 9.16. The van der Waals surface area contributed by atoms with Crippen LogP contribution in [0.4, 0.5) is 5.69 Å². The lowest BCUT2D eigenvalue weighted by atomic mass is 10.1. The third-order valence-corrected chi connectivity index (χ3v) is 4.26. The zero-order chi connectivity index (χ0) is 13.4. The summed E-state index contributed by atoms with van der Waals surface area (Å²) in [4.78, 5) is 15.1. The number of nitrogens with two attached hydrogens (primary N) is 1. The van der Waals surface area contributed by atoms with Crippen LogP contribution in [0.1, 0.15) is 23.9 Å². The third-order valence-electron chi connectivity index (χ3n) is 3.31. The summed E-state index contributed by atoms with van der Waals surface area (Å²) in [7, 11) is 0. The summed E-state index contributed by atoms with van der Waals surface area (Å²) in [5, 5.41) is 13.7. The van der Waals surface area contributed by atoms with Crippen LogP contribution in [0.3, 0.4) is 0 Å². The average Bonchev–Trinajstić information content (AvgIpc) is 3.15. The van der Waals surface area contributed by atoms with E-state index in [1.807, 2.05) is 5.38 Å². The highest BCUT2D eigenvalue weighted by atomic mass is 32.1. The summed E-state index contributed by atoms with van der Waals surface area (Å²) >= 11 is 1.48. The number of rotatable bonds is 4. The van der Waals surface area contributed by atoms with Gasteiger partial charge in [0.1, 0.15) is 5.01 Å². The van der Waals surface area contributed by atoms with Gasteiger partial charge in [-0.05, 0) is 24.8 Å². The molecule has 98 valence electrons. The Balaban J connectivity index is 1.96. The molecular formula is C13H13N3O2S. The molecule has 0 saturated heterocycles. The maximum absolute atomic E-state index is 11.0. The molecule has 6 heteroatoms. The first-order valence-electron chi connectivity index (χ1n) is 6.11. The molecule has 0 aliphatic heterocycles. The molecule has 5 nitrogen and oxygen atoms in total. The van der Waals surface area contributed by atoms with Crippen LogP contribution in [-0.4, -0.2) is 9.91 Å². The Hall–Kier alpha value is -1.79. The Morgan fingerprint density at radius 1 is 1.42 bits per heavy atom. The summed E-state index contributed by atoms with van der Waals surface area (Å²) in [5.41, 5.74) is 7.38. The molecule has 1 aliphatic carbocycles. The van der Waals surface area contributed by atoms with Crippen molar-refractivity contribution >= 4 is 17.0 Å². The number of aromatic nitrogens is 1. The molecule has 1 heterocycles. The number of nitro groups is 1.